The molecule has 0 aliphatic rings. The summed E-state index contributed by atoms with van der Waals surface area (Å²) < 4.78 is 21.0. The fraction of sp³-hybridized carbons (Fsp3) is 0.576. The van der Waals surface area contributed by atoms with Gasteiger partial charge in [-0.25, -0.2) is 9.59 Å². The van der Waals surface area contributed by atoms with Gasteiger partial charge in [-0.2, -0.15) is 0 Å². The summed E-state index contributed by atoms with van der Waals surface area (Å²) in [7, 11) is 0. The van der Waals surface area contributed by atoms with E-state index in [9.17, 15) is 28.8 Å². The highest BCUT2D eigenvalue weighted by atomic mass is 16.6. The third kappa shape index (κ3) is 16.6. The van der Waals surface area contributed by atoms with E-state index in [0.717, 1.165) is 0 Å². The van der Waals surface area contributed by atoms with Gasteiger partial charge in [0.1, 0.15) is 42.5 Å². The molecule has 0 aliphatic carbocycles. The zero-order chi connectivity index (χ0) is 35.1. The third-order valence-electron chi connectivity index (χ3n) is 5.86. The quantitative estimate of drug-likeness (QED) is 0.137. The molecule has 0 spiro atoms. The lowest BCUT2D eigenvalue weighted by Crippen LogP contribution is -2.57. The number of carbonyl (C=O) groups excluding carboxylic acids is 6. The summed E-state index contributed by atoms with van der Waals surface area (Å²) in [4.78, 5) is 77.5. The molecule has 0 saturated carbocycles. The Morgan fingerprint density at radius 1 is 0.783 bits per heavy atom. The van der Waals surface area contributed by atoms with Gasteiger partial charge in [0, 0.05) is 6.42 Å². The topological polar surface area (TPSA) is 175 Å². The SMILES string of the molecule is C=CCOC(=O)[C@@H](NC(=O)C(CCC(=O)OC(C)(C)C)NC(=O)[C@H](CC(=O)OC(C)(C)C)NC(=O)OCc1ccccc1)C(C)C. The van der Waals surface area contributed by atoms with Gasteiger partial charge >= 0.3 is 24.0 Å². The second-order valence-electron chi connectivity index (χ2n) is 12.9. The molecule has 0 heterocycles. The van der Waals surface area contributed by atoms with Crippen LogP contribution < -0.4 is 16.0 Å². The minimum Gasteiger partial charge on any atom is -0.460 e. The highest BCUT2D eigenvalue weighted by Crippen LogP contribution is 2.13. The molecule has 13 heteroatoms. The zero-order valence-corrected chi connectivity index (χ0v) is 28.1. The first-order valence-electron chi connectivity index (χ1n) is 15.1. The molecule has 256 valence electrons. The minimum absolute atomic E-state index is 0.0743. The molecule has 0 radical (unpaired) electrons. The number of hydrogen-bond donors (Lipinski definition) is 3. The van der Waals surface area contributed by atoms with Crippen molar-refractivity contribution in [2.24, 2.45) is 5.92 Å². The minimum atomic E-state index is -1.52. The number of alkyl carbamates (subject to hydrolysis) is 1. The van der Waals surface area contributed by atoms with Gasteiger partial charge in [0.25, 0.3) is 0 Å². The summed E-state index contributed by atoms with van der Waals surface area (Å²) >= 11 is 0. The lowest BCUT2D eigenvalue weighted by atomic mass is 10.0. The Kier molecular flexibility index (Phi) is 15.9. The van der Waals surface area contributed by atoms with Gasteiger partial charge in [-0.15, -0.1) is 0 Å². The first kappa shape index (κ1) is 39.6. The Morgan fingerprint density at radius 3 is 1.89 bits per heavy atom. The fourth-order valence-electron chi connectivity index (χ4n) is 3.84. The van der Waals surface area contributed by atoms with Gasteiger partial charge in [0.05, 0.1) is 6.42 Å². The Labute approximate surface area is 271 Å². The van der Waals surface area contributed by atoms with Crippen LogP contribution in [0.4, 0.5) is 4.79 Å². The van der Waals surface area contributed by atoms with E-state index >= 15 is 0 Å². The van der Waals surface area contributed by atoms with Crippen molar-refractivity contribution in [1.82, 2.24) is 16.0 Å². The van der Waals surface area contributed by atoms with Crippen LogP contribution in [0.15, 0.2) is 43.0 Å². The van der Waals surface area contributed by atoms with Crippen LogP contribution >= 0.6 is 0 Å². The van der Waals surface area contributed by atoms with Gasteiger partial charge in [-0.1, -0.05) is 56.8 Å². The van der Waals surface area contributed by atoms with Crippen molar-refractivity contribution in [2.75, 3.05) is 6.61 Å². The predicted octanol–water partition coefficient (Wildman–Crippen LogP) is 3.49. The Balaban J connectivity index is 3.24. The summed E-state index contributed by atoms with van der Waals surface area (Å²) in [6.07, 6.45) is -0.703. The van der Waals surface area contributed by atoms with Crippen LogP contribution in [-0.2, 0) is 49.5 Å². The normalized spacial score (nSPS) is 13.3. The standard InChI is InChI=1S/C33H49N3O10/c1-10-18-43-30(41)27(21(2)3)36-28(39)23(16-17-25(37)45-32(4,5)6)34-29(40)24(19-26(38)46-33(7,8)9)35-31(42)44-20-22-14-12-11-13-15-22/h10-15,21,23-24,27H,1,16-20H2,2-9H3,(H,34,40)(H,35,42)(H,36,39)/t23?,24-,27-/m0/s1. The lowest BCUT2D eigenvalue weighted by Gasteiger charge is -2.27. The summed E-state index contributed by atoms with van der Waals surface area (Å²) in [6.45, 7) is 16.7. The highest BCUT2D eigenvalue weighted by molar-refractivity contribution is 5.95. The zero-order valence-electron chi connectivity index (χ0n) is 28.1. The van der Waals surface area contributed by atoms with Gasteiger partial charge < -0.3 is 34.9 Å². The molecule has 3 amide bonds. The van der Waals surface area contributed by atoms with Crippen molar-refractivity contribution in [1.29, 1.82) is 0 Å². The van der Waals surface area contributed by atoms with Gasteiger partial charge in [-0.3, -0.25) is 19.2 Å². The third-order valence-corrected chi connectivity index (χ3v) is 5.86. The fourth-order valence-corrected chi connectivity index (χ4v) is 3.84. The van der Waals surface area contributed by atoms with Crippen molar-refractivity contribution >= 4 is 35.8 Å². The summed E-state index contributed by atoms with van der Waals surface area (Å²) in [5.41, 5.74) is -0.984. The van der Waals surface area contributed by atoms with E-state index < -0.39 is 77.5 Å². The van der Waals surface area contributed by atoms with E-state index in [1.807, 2.05) is 0 Å². The van der Waals surface area contributed by atoms with Crippen LogP contribution in [0.5, 0.6) is 0 Å². The molecule has 0 fully saturated rings. The molecule has 46 heavy (non-hydrogen) atoms. The summed E-state index contributed by atoms with van der Waals surface area (Å²) in [6, 6.07) is 4.82. The number of amides is 3. The molecular formula is C33H49N3O10. The Hall–Kier alpha value is -4.42. The van der Waals surface area contributed by atoms with Crippen molar-refractivity contribution in [2.45, 2.75) is 111 Å². The molecule has 1 unspecified atom stereocenters. The average Bonchev–Trinajstić information content (AvgIpc) is 2.93. The second kappa shape index (κ2) is 18.5. The average molecular weight is 648 g/mol. The maximum absolute atomic E-state index is 13.5. The van der Waals surface area contributed by atoms with E-state index in [2.05, 4.69) is 22.5 Å². The van der Waals surface area contributed by atoms with Gasteiger partial charge in [0.2, 0.25) is 11.8 Å². The second-order valence-corrected chi connectivity index (χ2v) is 12.9. The van der Waals surface area contributed by atoms with E-state index in [-0.39, 0.29) is 26.1 Å². The van der Waals surface area contributed by atoms with Gasteiger partial charge in [0.15, 0.2) is 0 Å². The summed E-state index contributed by atoms with van der Waals surface area (Å²) in [5.74, 6) is -4.26. The number of ether oxygens (including phenoxy) is 4. The molecule has 1 aromatic carbocycles. The molecule has 3 atom stereocenters. The first-order chi connectivity index (χ1) is 21.3. The van der Waals surface area contributed by atoms with E-state index in [1.54, 1.807) is 85.7 Å². The first-order valence-corrected chi connectivity index (χ1v) is 15.1. The lowest BCUT2D eigenvalue weighted by molar-refractivity contribution is -0.156. The molecule has 1 aromatic rings. The van der Waals surface area contributed by atoms with Crippen molar-refractivity contribution in [3.63, 3.8) is 0 Å². The van der Waals surface area contributed by atoms with E-state index in [4.69, 9.17) is 18.9 Å². The maximum Gasteiger partial charge on any atom is 0.408 e. The molecule has 0 aromatic heterocycles. The van der Waals surface area contributed by atoms with Crippen LogP contribution in [0.2, 0.25) is 0 Å². The molecule has 0 bridgehead atoms. The van der Waals surface area contributed by atoms with E-state index in [1.165, 1.54) is 6.08 Å². The monoisotopic (exact) mass is 647 g/mol. The highest BCUT2D eigenvalue weighted by Gasteiger charge is 2.34. The summed E-state index contributed by atoms with van der Waals surface area (Å²) in [5, 5.41) is 7.44. The number of nitrogens with one attached hydrogen (secondary N) is 3. The smallest absolute Gasteiger partial charge is 0.408 e. The largest absolute Gasteiger partial charge is 0.460 e. The van der Waals surface area contributed by atoms with Crippen molar-refractivity contribution < 1.29 is 47.7 Å². The number of hydrogen-bond acceptors (Lipinski definition) is 10. The Bertz CT molecular complexity index is 1200. The number of esters is 3. The molecule has 13 nitrogen and oxygen atoms in total. The molecule has 1 rings (SSSR count). The van der Waals surface area contributed by atoms with Crippen LogP contribution in [0, 0.1) is 5.92 Å². The van der Waals surface area contributed by atoms with Crippen LogP contribution in [0.3, 0.4) is 0 Å². The van der Waals surface area contributed by atoms with Crippen LogP contribution in [-0.4, -0.2) is 71.8 Å². The maximum atomic E-state index is 13.5. The van der Waals surface area contributed by atoms with Crippen LogP contribution in [0.1, 0.15) is 80.2 Å². The molecule has 0 saturated heterocycles. The van der Waals surface area contributed by atoms with Crippen molar-refractivity contribution in [3.8, 4) is 0 Å². The van der Waals surface area contributed by atoms with Crippen LogP contribution in [0.25, 0.3) is 0 Å². The van der Waals surface area contributed by atoms with Crippen molar-refractivity contribution in [3.05, 3.63) is 48.6 Å². The van der Waals surface area contributed by atoms with E-state index in [0.29, 0.717) is 5.56 Å². The Morgan fingerprint density at radius 2 is 1.35 bits per heavy atom. The molecule has 0 aliphatic heterocycles. The van der Waals surface area contributed by atoms with Gasteiger partial charge in [-0.05, 0) is 59.4 Å². The molecular weight excluding hydrogens is 598 g/mol. The number of rotatable bonds is 16. The predicted molar refractivity (Wildman–Crippen MR) is 169 cm³/mol. The number of carbonyl (C=O) groups is 6. The molecule has 3 N–H and O–H groups in total. The number of benzene rings is 1.